The summed E-state index contributed by atoms with van der Waals surface area (Å²) in [5.74, 6) is -0.984. The van der Waals surface area contributed by atoms with Gasteiger partial charge in [0.25, 0.3) is 11.4 Å². The maximum atomic E-state index is 12.8. The van der Waals surface area contributed by atoms with Crippen LogP contribution in [0.2, 0.25) is 0 Å². The van der Waals surface area contributed by atoms with Crippen molar-refractivity contribution in [3.8, 4) is 11.5 Å². The Morgan fingerprint density at radius 1 is 0.651 bits per heavy atom. The van der Waals surface area contributed by atoms with E-state index >= 15 is 0 Å². The minimum absolute atomic E-state index is 0.124. The summed E-state index contributed by atoms with van der Waals surface area (Å²) in [7, 11) is 0. The first kappa shape index (κ1) is 29.1. The van der Waals surface area contributed by atoms with Gasteiger partial charge < -0.3 is 9.47 Å². The molecule has 0 radical (unpaired) electrons. The highest BCUT2D eigenvalue weighted by molar-refractivity contribution is 5.96. The van der Waals surface area contributed by atoms with E-state index in [2.05, 4.69) is 0 Å². The Morgan fingerprint density at radius 3 is 1.42 bits per heavy atom. The van der Waals surface area contributed by atoms with Gasteiger partial charge in [0.05, 0.1) is 9.85 Å². The molecule has 0 bridgehead atoms. The van der Waals surface area contributed by atoms with Gasteiger partial charge in [-0.1, -0.05) is 61.4 Å². The van der Waals surface area contributed by atoms with E-state index in [9.17, 15) is 29.8 Å². The first-order chi connectivity index (χ1) is 20.6. The number of hydrogen-bond donors (Lipinski definition) is 0. The van der Waals surface area contributed by atoms with Crippen LogP contribution in [0, 0.1) is 34.1 Å². The SMILES string of the molecule is Cc1cc(C2(c3ccc(OC(=O)c4ccccc4[N+](=O)[O-])c(C)c3)CCCC2)ccc1OC(=O)c1ccccc1[N+](=O)[O-]. The Kier molecular flexibility index (Phi) is 8.03. The fourth-order valence-electron chi connectivity index (χ4n) is 5.77. The van der Waals surface area contributed by atoms with Crippen molar-refractivity contribution in [3.63, 3.8) is 0 Å². The van der Waals surface area contributed by atoms with E-state index in [-0.39, 0.29) is 27.9 Å². The molecule has 4 aromatic rings. The highest BCUT2D eigenvalue weighted by Gasteiger charge is 2.38. The quantitative estimate of drug-likeness (QED) is 0.0908. The van der Waals surface area contributed by atoms with E-state index in [1.54, 1.807) is 24.3 Å². The first-order valence-corrected chi connectivity index (χ1v) is 13.7. The molecule has 0 heterocycles. The van der Waals surface area contributed by atoms with E-state index in [0.29, 0.717) is 22.6 Å². The first-order valence-electron chi connectivity index (χ1n) is 13.7. The Hall–Kier alpha value is -5.38. The predicted octanol–water partition coefficient (Wildman–Crippen LogP) is 7.42. The van der Waals surface area contributed by atoms with Gasteiger partial charge >= 0.3 is 11.9 Å². The number of para-hydroxylation sites is 2. The summed E-state index contributed by atoms with van der Waals surface area (Å²) in [6.45, 7) is 3.65. The highest BCUT2D eigenvalue weighted by Crippen LogP contribution is 2.48. The molecule has 5 rings (SSSR count). The lowest BCUT2D eigenvalue weighted by molar-refractivity contribution is -0.385. The average Bonchev–Trinajstić information content (AvgIpc) is 3.50. The van der Waals surface area contributed by atoms with Crippen LogP contribution in [0.5, 0.6) is 11.5 Å². The van der Waals surface area contributed by atoms with Crippen molar-refractivity contribution < 1.29 is 28.9 Å². The molecular weight excluding hydrogens is 552 g/mol. The van der Waals surface area contributed by atoms with Crippen LogP contribution < -0.4 is 9.47 Å². The molecule has 0 aliphatic heterocycles. The second kappa shape index (κ2) is 11.8. The van der Waals surface area contributed by atoms with E-state index in [4.69, 9.17) is 9.47 Å². The predicted molar refractivity (Wildman–Crippen MR) is 158 cm³/mol. The topological polar surface area (TPSA) is 139 Å². The molecule has 0 aromatic heterocycles. The van der Waals surface area contributed by atoms with E-state index < -0.39 is 21.8 Å². The molecule has 0 saturated heterocycles. The van der Waals surface area contributed by atoms with Crippen molar-refractivity contribution in [1.29, 1.82) is 0 Å². The number of hydrogen-bond acceptors (Lipinski definition) is 8. The molecular formula is C33H28N2O8. The number of nitro groups is 2. The number of aryl methyl sites for hydroxylation is 2. The van der Waals surface area contributed by atoms with Crippen LogP contribution in [0.3, 0.4) is 0 Å². The van der Waals surface area contributed by atoms with Crippen molar-refractivity contribution in [2.45, 2.75) is 44.9 Å². The zero-order valence-electron chi connectivity index (χ0n) is 23.6. The highest BCUT2D eigenvalue weighted by atomic mass is 16.6. The Balaban J connectivity index is 1.40. The molecule has 1 saturated carbocycles. The van der Waals surface area contributed by atoms with Crippen molar-refractivity contribution in [2.24, 2.45) is 0 Å². The van der Waals surface area contributed by atoms with Crippen molar-refractivity contribution in [1.82, 2.24) is 0 Å². The lowest BCUT2D eigenvalue weighted by Crippen LogP contribution is -2.24. The van der Waals surface area contributed by atoms with Crippen LogP contribution in [-0.2, 0) is 5.41 Å². The van der Waals surface area contributed by atoms with Crippen molar-refractivity contribution >= 4 is 23.3 Å². The van der Waals surface area contributed by atoms with Crippen LogP contribution >= 0.6 is 0 Å². The van der Waals surface area contributed by atoms with Crippen LogP contribution in [0.15, 0.2) is 84.9 Å². The summed E-state index contributed by atoms with van der Waals surface area (Å²) in [6.07, 6.45) is 3.80. The number of ether oxygens (including phenoxy) is 2. The second-order valence-corrected chi connectivity index (χ2v) is 10.6. The van der Waals surface area contributed by atoms with Crippen molar-refractivity contribution in [3.05, 3.63) is 139 Å². The molecule has 10 heteroatoms. The zero-order valence-corrected chi connectivity index (χ0v) is 23.6. The molecule has 1 aliphatic carbocycles. The Morgan fingerprint density at radius 2 is 1.05 bits per heavy atom. The molecule has 0 amide bonds. The van der Waals surface area contributed by atoms with Crippen LogP contribution in [0.25, 0.3) is 0 Å². The van der Waals surface area contributed by atoms with Gasteiger partial charge in [-0.05, 0) is 73.2 Å². The van der Waals surface area contributed by atoms with Gasteiger partial charge in [0.15, 0.2) is 0 Å². The molecule has 0 atom stereocenters. The molecule has 43 heavy (non-hydrogen) atoms. The van der Waals surface area contributed by atoms with Crippen LogP contribution in [0.4, 0.5) is 11.4 Å². The summed E-state index contributed by atoms with van der Waals surface area (Å²) in [4.78, 5) is 47.1. The third-order valence-corrected chi connectivity index (χ3v) is 7.96. The Bertz CT molecular complexity index is 1630. The average molecular weight is 581 g/mol. The lowest BCUT2D eigenvalue weighted by Gasteiger charge is -2.31. The van der Waals surface area contributed by atoms with Crippen LogP contribution in [0.1, 0.15) is 68.7 Å². The molecule has 0 unspecified atom stereocenters. The smallest absolute Gasteiger partial charge is 0.350 e. The third-order valence-electron chi connectivity index (χ3n) is 7.96. The minimum Gasteiger partial charge on any atom is -0.422 e. The molecule has 218 valence electrons. The van der Waals surface area contributed by atoms with Crippen LogP contribution in [-0.4, -0.2) is 21.8 Å². The molecule has 10 nitrogen and oxygen atoms in total. The summed E-state index contributed by atoms with van der Waals surface area (Å²) in [5, 5.41) is 22.7. The second-order valence-electron chi connectivity index (χ2n) is 10.6. The number of nitro benzene ring substituents is 2. The van der Waals surface area contributed by atoms with Gasteiger partial charge in [0.2, 0.25) is 0 Å². The van der Waals surface area contributed by atoms with E-state index in [1.165, 1.54) is 36.4 Å². The third kappa shape index (κ3) is 5.72. The maximum Gasteiger partial charge on any atom is 0.350 e. The van der Waals surface area contributed by atoms with Gasteiger partial charge in [-0.25, -0.2) is 9.59 Å². The summed E-state index contributed by atoms with van der Waals surface area (Å²) in [6, 6.07) is 22.5. The van der Waals surface area contributed by atoms with Gasteiger partial charge in [0, 0.05) is 17.5 Å². The fourth-order valence-corrected chi connectivity index (χ4v) is 5.77. The summed E-state index contributed by atoms with van der Waals surface area (Å²) >= 11 is 0. The number of carbonyl (C=O) groups excluding carboxylic acids is 2. The molecule has 1 aliphatic rings. The number of rotatable bonds is 8. The van der Waals surface area contributed by atoms with Crippen molar-refractivity contribution in [2.75, 3.05) is 0 Å². The number of nitrogens with zero attached hydrogens (tertiary/aromatic N) is 2. The largest absolute Gasteiger partial charge is 0.422 e. The molecule has 1 fully saturated rings. The number of esters is 2. The standard InChI is InChI=1S/C33H28N2O8/c1-21-19-23(13-15-29(21)42-31(36)25-9-3-5-11-27(25)34(38)39)33(17-7-8-18-33)24-14-16-30(22(2)20-24)43-32(37)26-10-4-6-12-28(26)35(40)41/h3-6,9-16,19-20H,7-8,17-18H2,1-2H3. The molecule has 0 N–H and O–H groups in total. The Labute approximate surface area is 247 Å². The maximum absolute atomic E-state index is 12.8. The lowest BCUT2D eigenvalue weighted by atomic mass is 9.72. The van der Waals surface area contributed by atoms with E-state index in [1.807, 2.05) is 38.1 Å². The number of carbonyl (C=O) groups is 2. The van der Waals surface area contributed by atoms with Gasteiger partial charge in [-0.15, -0.1) is 0 Å². The van der Waals surface area contributed by atoms with E-state index in [0.717, 1.165) is 36.8 Å². The minimum atomic E-state index is -0.805. The molecule has 0 spiro atoms. The summed E-state index contributed by atoms with van der Waals surface area (Å²) < 4.78 is 11.2. The monoisotopic (exact) mass is 580 g/mol. The summed E-state index contributed by atoms with van der Waals surface area (Å²) in [5.41, 5.74) is 2.29. The van der Waals surface area contributed by atoms with Gasteiger partial charge in [0.1, 0.15) is 22.6 Å². The van der Waals surface area contributed by atoms with Gasteiger partial charge in [-0.2, -0.15) is 0 Å². The normalized spacial score (nSPS) is 13.7. The number of benzene rings is 4. The fraction of sp³-hybridized carbons (Fsp3) is 0.212. The molecule has 4 aromatic carbocycles. The van der Waals surface area contributed by atoms with Gasteiger partial charge in [-0.3, -0.25) is 20.2 Å². The zero-order chi connectivity index (χ0) is 30.7.